The first-order valence-electron chi connectivity index (χ1n) is 6.99. The van der Waals surface area contributed by atoms with Gasteiger partial charge >= 0.3 is 6.09 Å². The molecule has 5 nitrogen and oxygen atoms in total. The predicted octanol–water partition coefficient (Wildman–Crippen LogP) is 3.70. The van der Waals surface area contributed by atoms with Crippen LogP contribution in [-0.4, -0.2) is 12.0 Å². The second kappa shape index (κ2) is 7.26. The van der Waals surface area contributed by atoms with E-state index >= 15 is 0 Å². The molecule has 0 heterocycles. The molecule has 0 bridgehead atoms. The van der Waals surface area contributed by atoms with E-state index in [0.717, 1.165) is 0 Å². The molecule has 0 aliphatic rings. The lowest BCUT2D eigenvalue weighted by atomic mass is 10.0. The molecule has 2 amide bonds. The molecule has 0 aromatic heterocycles. The van der Waals surface area contributed by atoms with Crippen LogP contribution in [0, 0.1) is 0 Å². The van der Waals surface area contributed by atoms with Gasteiger partial charge in [0.05, 0.1) is 0 Å². The maximum Gasteiger partial charge on any atom is 0.436 e. The fraction of sp³-hybridized carbons (Fsp3) is 0.176. The number of nitrogens with one attached hydrogen (secondary N) is 2. The molecule has 0 unspecified atom stereocenters. The Morgan fingerprint density at radius 2 is 1.59 bits per heavy atom. The fourth-order valence-electron chi connectivity index (χ4n) is 1.84. The third kappa shape index (κ3) is 4.34. The minimum absolute atomic E-state index is 0.414. The Morgan fingerprint density at radius 3 is 2.18 bits per heavy atom. The second-order valence-corrected chi connectivity index (χ2v) is 5.09. The molecule has 0 aliphatic heterocycles. The second-order valence-electron chi connectivity index (χ2n) is 5.09. The molecule has 2 N–H and O–H groups in total. The summed E-state index contributed by atoms with van der Waals surface area (Å²) in [6.45, 7) is 4.19. The number of hydrogen-bond donors (Lipinski definition) is 2. The van der Waals surface area contributed by atoms with Gasteiger partial charge in [0.1, 0.15) is 0 Å². The number of rotatable bonds is 3. The van der Waals surface area contributed by atoms with E-state index in [4.69, 9.17) is 4.84 Å². The standard InChI is InChI=1S/C17H18N2O3/c1-12(2)13-8-10-15(11-9-13)18-17(21)22-19-16(20)14-6-4-3-5-7-14/h3-12H,1-2H3,(H,18,21)(H,19,20). The van der Waals surface area contributed by atoms with E-state index in [2.05, 4.69) is 24.6 Å². The number of carbonyl (C=O) groups excluding carboxylic acids is 2. The lowest BCUT2D eigenvalue weighted by Gasteiger charge is -2.09. The van der Waals surface area contributed by atoms with Gasteiger partial charge in [-0.2, -0.15) is 5.48 Å². The van der Waals surface area contributed by atoms with Crippen molar-refractivity contribution in [1.29, 1.82) is 0 Å². The molecule has 2 aromatic rings. The highest BCUT2D eigenvalue weighted by atomic mass is 16.7. The van der Waals surface area contributed by atoms with E-state index in [0.29, 0.717) is 17.2 Å². The van der Waals surface area contributed by atoms with Gasteiger partial charge in [-0.1, -0.05) is 44.2 Å². The summed E-state index contributed by atoms with van der Waals surface area (Å²) in [7, 11) is 0. The Morgan fingerprint density at radius 1 is 0.955 bits per heavy atom. The van der Waals surface area contributed by atoms with Crippen molar-refractivity contribution >= 4 is 17.7 Å². The minimum atomic E-state index is -0.749. The molecule has 0 aliphatic carbocycles. The van der Waals surface area contributed by atoms with Gasteiger partial charge < -0.3 is 4.84 Å². The highest BCUT2D eigenvalue weighted by molar-refractivity contribution is 5.94. The zero-order valence-corrected chi connectivity index (χ0v) is 12.5. The highest BCUT2D eigenvalue weighted by Gasteiger charge is 2.09. The van der Waals surface area contributed by atoms with Crippen molar-refractivity contribution in [3.8, 4) is 0 Å². The lowest BCUT2D eigenvalue weighted by molar-refractivity contribution is 0.0615. The van der Waals surface area contributed by atoms with Crippen LogP contribution in [0.15, 0.2) is 54.6 Å². The van der Waals surface area contributed by atoms with Crippen LogP contribution < -0.4 is 10.8 Å². The normalized spacial score (nSPS) is 10.1. The molecule has 5 heteroatoms. The van der Waals surface area contributed by atoms with E-state index < -0.39 is 12.0 Å². The van der Waals surface area contributed by atoms with Crippen molar-refractivity contribution in [3.05, 3.63) is 65.7 Å². The molecule has 0 saturated heterocycles. The maximum absolute atomic E-state index is 11.7. The van der Waals surface area contributed by atoms with E-state index in [1.165, 1.54) is 5.56 Å². The summed E-state index contributed by atoms with van der Waals surface area (Å²) in [5.74, 6) is -0.0583. The van der Waals surface area contributed by atoms with Crippen molar-refractivity contribution in [2.75, 3.05) is 5.32 Å². The zero-order valence-electron chi connectivity index (χ0n) is 12.5. The average Bonchev–Trinajstić information content (AvgIpc) is 2.54. The number of anilines is 1. The van der Waals surface area contributed by atoms with Crippen LogP contribution in [0.25, 0.3) is 0 Å². The van der Waals surface area contributed by atoms with Crippen LogP contribution >= 0.6 is 0 Å². The third-order valence-electron chi connectivity index (χ3n) is 3.10. The summed E-state index contributed by atoms with van der Waals surface area (Å²) in [4.78, 5) is 28.0. The Hall–Kier alpha value is -2.82. The van der Waals surface area contributed by atoms with Gasteiger partial charge in [-0.3, -0.25) is 10.1 Å². The molecule has 114 valence electrons. The average molecular weight is 298 g/mol. The molecular formula is C17H18N2O3. The van der Waals surface area contributed by atoms with Crippen molar-refractivity contribution in [2.24, 2.45) is 0 Å². The first-order valence-corrected chi connectivity index (χ1v) is 6.99. The molecular weight excluding hydrogens is 280 g/mol. The zero-order chi connectivity index (χ0) is 15.9. The topological polar surface area (TPSA) is 67.4 Å². The number of carbonyl (C=O) groups is 2. The Kier molecular flexibility index (Phi) is 5.14. The Labute approximate surface area is 129 Å². The van der Waals surface area contributed by atoms with Gasteiger partial charge in [0.2, 0.25) is 0 Å². The van der Waals surface area contributed by atoms with E-state index in [1.54, 1.807) is 42.5 Å². The quantitative estimate of drug-likeness (QED) is 0.849. The molecule has 0 saturated carbocycles. The van der Waals surface area contributed by atoms with Gasteiger partial charge in [0.25, 0.3) is 5.91 Å². The molecule has 0 fully saturated rings. The highest BCUT2D eigenvalue weighted by Crippen LogP contribution is 2.17. The van der Waals surface area contributed by atoms with Gasteiger partial charge in [0.15, 0.2) is 0 Å². The van der Waals surface area contributed by atoms with E-state index in [-0.39, 0.29) is 0 Å². The van der Waals surface area contributed by atoms with E-state index in [1.807, 2.05) is 12.1 Å². The third-order valence-corrected chi connectivity index (χ3v) is 3.10. The first kappa shape index (κ1) is 15.6. The first-order chi connectivity index (χ1) is 10.6. The van der Waals surface area contributed by atoms with Crippen molar-refractivity contribution < 1.29 is 14.4 Å². The number of benzene rings is 2. The molecule has 2 rings (SSSR count). The fourth-order valence-corrected chi connectivity index (χ4v) is 1.84. The molecule has 0 spiro atoms. The number of hydrogen-bond acceptors (Lipinski definition) is 3. The van der Waals surface area contributed by atoms with Crippen LogP contribution in [0.1, 0.15) is 35.7 Å². The largest absolute Gasteiger partial charge is 0.436 e. The summed E-state index contributed by atoms with van der Waals surface area (Å²) in [6.07, 6.45) is -0.749. The number of amides is 2. The van der Waals surface area contributed by atoms with Crippen LogP contribution in [0.2, 0.25) is 0 Å². The number of hydroxylamine groups is 1. The molecule has 0 radical (unpaired) electrons. The van der Waals surface area contributed by atoms with Gasteiger partial charge in [-0.05, 0) is 35.7 Å². The SMILES string of the molecule is CC(C)c1ccc(NC(=O)ONC(=O)c2ccccc2)cc1. The summed E-state index contributed by atoms with van der Waals surface area (Å²) in [5, 5.41) is 2.54. The van der Waals surface area contributed by atoms with Crippen LogP contribution in [0.5, 0.6) is 0 Å². The van der Waals surface area contributed by atoms with Crippen LogP contribution in [0.4, 0.5) is 10.5 Å². The van der Waals surface area contributed by atoms with Gasteiger partial charge in [-0.25, -0.2) is 4.79 Å². The Bertz CT molecular complexity index is 637. The van der Waals surface area contributed by atoms with E-state index in [9.17, 15) is 9.59 Å². The summed E-state index contributed by atoms with van der Waals surface area (Å²) < 4.78 is 0. The van der Waals surface area contributed by atoms with Crippen LogP contribution in [-0.2, 0) is 4.84 Å². The van der Waals surface area contributed by atoms with Crippen molar-refractivity contribution in [3.63, 3.8) is 0 Å². The Balaban J connectivity index is 1.84. The maximum atomic E-state index is 11.7. The summed E-state index contributed by atoms with van der Waals surface area (Å²) >= 11 is 0. The smallest absolute Gasteiger partial charge is 0.321 e. The van der Waals surface area contributed by atoms with Crippen molar-refractivity contribution in [2.45, 2.75) is 19.8 Å². The molecule has 2 aromatic carbocycles. The monoisotopic (exact) mass is 298 g/mol. The lowest BCUT2D eigenvalue weighted by Crippen LogP contribution is -2.29. The minimum Gasteiger partial charge on any atom is -0.321 e. The predicted molar refractivity (Wildman–Crippen MR) is 84.5 cm³/mol. The van der Waals surface area contributed by atoms with Crippen molar-refractivity contribution in [1.82, 2.24) is 5.48 Å². The molecule has 0 atom stereocenters. The van der Waals surface area contributed by atoms with Gasteiger partial charge in [0, 0.05) is 11.3 Å². The summed E-state index contributed by atoms with van der Waals surface area (Å²) in [5.41, 5.74) is 4.29. The molecule has 22 heavy (non-hydrogen) atoms. The van der Waals surface area contributed by atoms with Crippen LogP contribution in [0.3, 0.4) is 0 Å². The van der Waals surface area contributed by atoms with Gasteiger partial charge in [-0.15, -0.1) is 0 Å². The summed E-state index contributed by atoms with van der Waals surface area (Å²) in [6, 6.07) is 15.9.